The van der Waals surface area contributed by atoms with Crippen LogP contribution in [-0.2, 0) is 6.42 Å². The average molecular weight is 579 g/mol. The number of ether oxygens (including phenoxy) is 3. The SMILES string of the molecule is CCCCCCCCCOc1c(O)c(O)c(CCC)c(OCCCCCCCCC)c1OCCCCCCCCC. The maximum Gasteiger partial charge on any atom is 0.211 e. The number of aromatic hydroxyl groups is 2. The highest BCUT2D eigenvalue weighted by atomic mass is 16.5. The molecule has 0 saturated carbocycles. The Hall–Kier alpha value is -1.78. The van der Waals surface area contributed by atoms with Crippen LogP contribution in [0.1, 0.15) is 175 Å². The van der Waals surface area contributed by atoms with Gasteiger partial charge in [0.05, 0.1) is 19.8 Å². The van der Waals surface area contributed by atoms with Crippen LogP contribution in [0.3, 0.4) is 0 Å². The first-order valence-corrected chi connectivity index (χ1v) is 17.6. The minimum absolute atomic E-state index is 0.126. The first-order chi connectivity index (χ1) is 20.1. The van der Waals surface area contributed by atoms with E-state index in [1.807, 2.05) is 0 Å². The fraction of sp³-hybridized carbons (Fsp3) is 0.833. The lowest BCUT2D eigenvalue weighted by Crippen LogP contribution is -2.09. The standard InChI is InChI=1S/C36H66O5/c1-5-9-12-15-18-21-24-28-39-34-31(27-8-4)32(37)33(38)35(40-29-25-22-19-16-13-10-6-2)36(34)41-30-26-23-20-17-14-11-7-3/h37-38H,5-30H2,1-4H3. The van der Waals surface area contributed by atoms with Crippen molar-refractivity contribution in [1.82, 2.24) is 0 Å². The van der Waals surface area contributed by atoms with Crippen molar-refractivity contribution in [2.45, 2.75) is 175 Å². The van der Waals surface area contributed by atoms with E-state index in [4.69, 9.17) is 14.2 Å². The third-order valence-corrected chi connectivity index (χ3v) is 7.89. The number of hydrogen-bond donors (Lipinski definition) is 2. The van der Waals surface area contributed by atoms with Crippen molar-refractivity contribution in [2.24, 2.45) is 0 Å². The molecular weight excluding hydrogens is 512 g/mol. The molecule has 0 saturated heterocycles. The maximum atomic E-state index is 11.0. The smallest absolute Gasteiger partial charge is 0.211 e. The average Bonchev–Trinajstić information content (AvgIpc) is 2.97. The molecule has 2 N–H and O–H groups in total. The zero-order chi connectivity index (χ0) is 30.0. The lowest BCUT2D eigenvalue weighted by atomic mass is 10.0. The Morgan fingerprint density at radius 2 is 0.707 bits per heavy atom. The van der Waals surface area contributed by atoms with Crippen LogP contribution in [0.15, 0.2) is 0 Å². The fourth-order valence-electron chi connectivity index (χ4n) is 5.31. The molecule has 1 aromatic rings. The van der Waals surface area contributed by atoms with Gasteiger partial charge in [0.2, 0.25) is 17.2 Å². The number of unbranched alkanes of at least 4 members (excludes halogenated alkanes) is 18. The normalized spacial score (nSPS) is 11.2. The largest absolute Gasteiger partial charge is 0.504 e. The third kappa shape index (κ3) is 16.4. The van der Waals surface area contributed by atoms with E-state index in [0.29, 0.717) is 43.3 Å². The predicted octanol–water partition coefficient (Wildman–Crippen LogP) is 11.4. The van der Waals surface area contributed by atoms with Gasteiger partial charge in [0, 0.05) is 5.56 Å². The van der Waals surface area contributed by atoms with Crippen molar-refractivity contribution >= 4 is 0 Å². The van der Waals surface area contributed by atoms with E-state index in [9.17, 15) is 10.2 Å². The molecule has 0 bridgehead atoms. The Balaban J connectivity index is 2.92. The summed E-state index contributed by atoms with van der Waals surface area (Å²) in [4.78, 5) is 0. The molecule has 240 valence electrons. The summed E-state index contributed by atoms with van der Waals surface area (Å²) in [5.41, 5.74) is 0.630. The van der Waals surface area contributed by atoms with Crippen LogP contribution < -0.4 is 14.2 Å². The molecule has 0 radical (unpaired) electrons. The quantitative estimate of drug-likeness (QED) is 0.0731. The Kier molecular flexibility index (Phi) is 23.5. The summed E-state index contributed by atoms with van der Waals surface area (Å²) in [5, 5.41) is 22.0. The monoisotopic (exact) mass is 578 g/mol. The van der Waals surface area contributed by atoms with Gasteiger partial charge in [-0.25, -0.2) is 0 Å². The molecule has 0 heterocycles. The van der Waals surface area contributed by atoms with Gasteiger partial charge in [-0.1, -0.05) is 150 Å². The van der Waals surface area contributed by atoms with E-state index in [2.05, 4.69) is 27.7 Å². The van der Waals surface area contributed by atoms with Crippen LogP contribution in [0.2, 0.25) is 0 Å². The molecule has 0 atom stereocenters. The van der Waals surface area contributed by atoms with Gasteiger partial charge in [0.25, 0.3) is 0 Å². The highest BCUT2D eigenvalue weighted by Gasteiger charge is 2.27. The van der Waals surface area contributed by atoms with E-state index in [-0.39, 0.29) is 17.2 Å². The Morgan fingerprint density at radius 1 is 0.366 bits per heavy atom. The van der Waals surface area contributed by atoms with Gasteiger partial charge in [-0.3, -0.25) is 0 Å². The molecule has 41 heavy (non-hydrogen) atoms. The second kappa shape index (κ2) is 25.9. The number of phenolic OH excluding ortho intramolecular Hbond substituents is 2. The van der Waals surface area contributed by atoms with E-state index < -0.39 is 0 Å². The van der Waals surface area contributed by atoms with Gasteiger partial charge in [0.15, 0.2) is 11.5 Å². The minimum Gasteiger partial charge on any atom is -0.504 e. The third-order valence-electron chi connectivity index (χ3n) is 7.89. The first kappa shape index (κ1) is 37.2. The maximum absolute atomic E-state index is 11.0. The lowest BCUT2D eigenvalue weighted by molar-refractivity contribution is 0.222. The molecule has 0 unspecified atom stereocenters. The van der Waals surface area contributed by atoms with Crippen molar-refractivity contribution in [3.8, 4) is 28.7 Å². The van der Waals surface area contributed by atoms with E-state index in [1.165, 1.54) is 96.3 Å². The number of benzene rings is 1. The topological polar surface area (TPSA) is 68.2 Å². The predicted molar refractivity (Wildman–Crippen MR) is 174 cm³/mol. The van der Waals surface area contributed by atoms with Gasteiger partial charge >= 0.3 is 0 Å². The number of rotatable bonds is 29. The zero-order valence-electron chi connectivity index (χ0n) is 27.5. The fourth-order valence-corrected chi connectivity index (χ4v) is 5.31. The molecule has 0 spiro atoms. The first-order valence-electron chi connectivity index (χ1n) is 17.6. The van der Waals surface area contributed by atoms with Crippen LogP contribution in [0.5, 0.6) is 28.7 Å². The molecular formula is C36H66O5. The molecule has 5 heteroatoms. The van der Waals surface area contributed by atoms with Crippen LogP contribution in [0.25, 0.3) is 0 Å². The van der Waals surface area contributed by atoms with Gasteiger partial charge in [-0.15, -0.1) is 0 Å². The highest BCUT2D eigenvalue weighted by molar-refractivity contribution is 5.69. The Bertz CT molecular complexity index is 748. The Labute approximate surface area is 253 Å². The van der Waals surface area contributed by atoms with Crippen molar-refractivity contribution in [2.75, 3.05) is 19.8 Å². The summed E-state index contributed by atoms with van der Waals surface area (Å²) in [6.45, 7) is 10.4. The van der Waals surface area contributed by atoms with E-state index in [0.717, 1.165) is 44.9 Å². The van der Waals surface area contributed by atoms with Crippen molar-refractivity contribution < 1.29 is 24.4 Å². The van der Waals surface area contributed by atoms with Crippen molar-refractivity contribution in [3.05, 3.63) is 5.56 Å². The van der Waals surface area contributed by atoms with Crippen molar-refractivity contribution in [3.63, 3.8) is 0 Å². The summed E-state index contributed by atoms with van der Waals surface area (Å²) in [6.07, 6.45) is 26.7. The lowest BCUT2D eigenvalue weighted by Gasteiger charge is -2.22. The number of phenols is 2. The van der Waals surface area contributed by atoms with Crippen molar-refractivity contribution in [1.29, 1.82) is 0 Å². The molecule has 1 aromatic carbocycles. The zero-order valence-corrected chi connectivity index (χ0v) is 27.5. The van der Waals surface area contributed by atoms with E-state index in [1.54, 1.807) is 0 Å². The second-order valence-electron chi connectivity index (χ2n) is 11.8. The summed E-state index contributed by atoms with van der Waals surface area (Å²) in [6, 6.07) is 0. The van der Waals surface area contributed by atoms with Crippen LogP contribution in [0.4, 0.5) is 0 Å². The number of hydrogen-bond acceptors (Lipinski definition) is 5. The van der Waals surface area contributed by atoms with Gasteiger partial charge in [0.1, 0.15) is 0 Å². The molecule has 0 amide bonds. The van der Waals surface area contributed by atoms with Gasteiger partial charge in [-0.05, 0) is 25.7 Å². The van der Waals surface area contributed by atoms with Crippen LogP contribution in [0, 0.1) is 0 Å². The van der Waals surface area contributed by atoms with Gasteiger partial charge < -0.3 is 24.4 Å². The van der Waals surface area contributed by atoms with Gasteiger partial charge in [-0.2, -0.15) is 0 Å². The molecule has 0 aliphatic heterocycles. The molecule has 5 nitrogen and oxygen atoms in total. The molecule has 0 aliphatic rings. The second-order valence-corrected chi connectivity index (χ2v) is 11.8. The molecule has 0 aromatic heterocycles. The van der Waals surface area contributed by atoms with E-state index >= 15 is 0 Å². The molecule has 0 fully saturated rings. The summed E-state index contributed by atoms with van der Waals surface area (Å²) < 4.78 is 18.8. The summed E-state index contributed by atoms with van der Waals surface area (Å²) in [5.74, 6) is 0.936. The molecule has 0 aliphatic carbocycles. The Morgan fingerprint density at radius 3 is 1.10 bits per heavy atom. The van der Waals surface area contributed by atoms with Crippen LogP contribution >= 0.6 is 0 Å². The minimum atomic E-state index is -0.214. The van der Waals surface area contributed by atoms with Crippen LogP contribution in [-0.4, -0.2) is 30.0 Å². The summed E-state index contributed by atoms with van der Waals surface area (Å²) in [7, 11) is 0. The molecule has 1 rings (SSSR count). The summed E-state index contributed by atoms with van der Waals surface area (Å²) >= 11 is 0. The highest BCUT2D eigenvalue weighted by Crippen LogP contribution is 2.53.